The Labute approximate surface area is 173 Å². The van der Waals surface area contributed by atoms with Crippen LogP contribution in [0.25, 0.3) is 0 Å². The molecule has 3 rings (SSSR count). The molecule has 150 valence electrons. The van der Waals surface area contributed by atoms with Crippen LogP contribution in [0, 0.1) is 13.8 Å². The number of hydrogen-bond acceptors (Lipinski definition) is 7. The summed E-state index contributed by atoms with van der Waals surface area (Å²) in [6.45, 7) is 5.80. The van der Waals surface area contributed by atoms with E-state index in [1.807, 2.05) is 7.05 Å². The van der Waals surface area contributed by atoms with E-state index in [1.54, 1.807) is 22.7 Å². The van der Waals surface area contributed by atoms with E-state index in [1.165, 1.54) is 30.6 Å². The molecule has 0 fully saturated rings. The zero-order chi connectivity index (χ0) is 20.1. The molecule has 0 unspecified atom stereocenters. The lowest BCUT2D eigenvalue weighted by atomic mass is 10.0. The van der Waals surface area contributed by atoms with Crippen molar-refractivity contribution < 1.29 is 9.90 Å². The van der Waals surface area contributed by atoms with Gasteiger partial charge < -0.3 is 15.7 Å². The van der Waals surface area contributed by atoms with Gasteiger partial charge in [0.05, 0.1) is 27.7 Å². The summed E-state index contributed by atoms with van der Waals surface area (Å²) in [6.07, 6.45) is 2.53. The first-order valence-electron chi connectivity index (χ1n) is 9.37. The van der Waals surface area contributed by atoms with Gasteiger partial charge in [-0.05, 0) is 70.1 Å². The zero-order valence-corrected chi connectivity index (χ0v) is 18.1. The van der Waals surface area contributed by atoms with Crippen LogP contribution in [-0.4, -0.2) is 49.2 Å². The van der Waals surface area contributed by atoms with E-state index in [0.717, 1.165) is 37.2 Å². The van der Waals surface area contributed by atoms with Crippen molar-refractivity contribution in [1.82, 2.24) is 10.6 Å². The van der Waals surface area contributed by atoms with Gasteiger partial charge in [-0.15, -0.1) is 22.7 Å². The van der Waals surface area contributed by atoms with Crippen molar-refractivity contribution in [2.45, 2.75) is 33.1 Å². The number of rotatable bonds is 10. The molecule has 1 aliphatic heterocycles. The molecule has 3 N–H and O–H groups in total. The molecule has 0 saturated carbocycles. The maximum atomic E-state index is 10.7. The highest BCUT2D eigenvalue weighted by atomic mass is 32.1. The summed E-state index contributed by atoms with van der Waals surface area (Å²) in [6, 6.07) is 4.43. The number of carboxylic acid groups (broad SMARTS) is 1. The van der Waals surface area contributed by atoms with E-state index >= 15 is 0 Å². The van der Waals surface area contributed by atoms with Crippen LogP contribution >= 0.6 is 22.7 Å². The van der Waals surface area contributed by atoms with Crippen LogP contribution in [0.15, 0.2) is 22.3 Å². The lowest BCUT2D eigenvalue weighted by molar-refractivity contribution is -0.135. The fraction of sp³-hybridized carbons (Fsp3) is 0.450. The third kappa shape index (κ3) is 5.14. The highest BCUT2D eigenvalue weighted by Crippen LogP contribution is 2.30. The first-order chi connectivity index (χ1) is 13.5. The van der Waals surface area contributed by atoms with E-state index < -0.39 is 5.97 Å². The van der Waals surface area contributed by atoms with Crippen molar-refractivity contribution in [1.29, 1.82) is 0 Å². The smallest absolute Gasteiger partial charge is 0.317 e. The molecule has 0 radical (unpaired) electrons. The number of thiophene rings is 2. The minimum atomic E-state index is -0.833. The van der Waals surface area contributed by atoms with Gasteiger partial charge >= 0.3 is 5.97 Å². The van der Waals surface area contributed by atoms with E-state index in [0.29, 0.717) is 6.54 Å². The van der Waals surface area contributed by atoms with E-state index in [9.17, 15) is 4.79 Å². The number of likely N-dealkylation sites (N-methyl/N-ethyl adjacent to an activating group) is 1. The second-order valence-corrected chi connectivity index (χ2v) is 9.38. The van der Waals surface area contributed by atoms with Crippen LogP contribution in [0.1, 0.15) is 37.1 Å². The summed E-state index contributed by atoms with van der Waals surface area (Å²) in [5.41, 5.74) is 4.63. The fourth-order valence-corrected chi connectivity index (χ4v) is 5.37. The number of carboxylic acids is 1. The first-order valence-corrected chi connectivity index (χ1v) is 11.0. The molecule has 0 atom stereocenters. The molecule has 6 nitrogen and oxygen atoms in total. The van der Waals surface area contributed by atoms with Gasteiger partial charge in [-0.3, -0.25) is 4.79 Å². The van der Waals surface area contributed by atoms with Crippen LogP contribution in [0.3, 0.4) is 0 Å². The number of nitrogens with one attached hydrogen (secondary N) is 2. The molecular formula is C20H26N4O2S2. The summed E-state index contributed by atoms with van der Waals surface area (Å²) in [5.74, 6) is -0.833. The number of nitrogens with zero attached hydrogens (tertiary/aromatic N) is 2. The van der Waals surface area contributed by atoms with Gasteiger partial charge in [0, 0.05) is 16.2 Å². The van der Waals surface area contributed by atoms with Gasteiger partial charge in [0.25, 0.3) is 0 Å². The first kappa shape index (κ1) is 20.9. The van der Waals surface area contributed by atoms with E-state index in [-0.39, 0.29) is 6.54 Å². The van der Waals surface area contributed by atoms with Crippen molar-refractivity contribution in [2.24, 2.45) is 10.2 Å². The largest absolute Gasteiger partial charge is 0.480 e. The molecule has 2 aromatic rings. The maximum Gasteiger partial charge on any atom is 0.317 e. The summed E-state index contributed by atoms with van der Waals surface area (Å²) in [5, 5.41) is 24.0. The second-order valence-electron chi connectivity index (χ2n) is 6.87. The Morgan fingerprint density at radius 1 is 1.04 bits per heavy atom. The average Bonchev–Trinajstić information content (AvgIpc) is 3.34. The minimum Gasteiger partial charge on any atom is -0.480 e. The Kier molecular flexibility index (Phi) is 7.12. The third-order valence-electron chi connectivity index (χ3n) is 4.51. The summed E-state index contributed by atoms with van der Waals surface area (Å²) in [4.78, 5) is 15.6. The molecule has 1 aliphatic rings. The molecule has 0 amide bonds. The highest BCUT2D eigenvalue weighted by Gasteiger charge is 2.23. The van der Waals surface area contributed by atoms with E-state index in [2.05, 4.69) is 46.8 Å². The van der Waals surface area contributed by atoms with Crippen LogP contribution in [0.2, 0.25) is 0 Å². The predicted octanol–water partition coefficient (Wildman–Crippen LogP) is 3.00. The molecule has 0 aromatic carbocycles. The Bertz CT molecular complexity index is 911. The van der Waals surface area contributed by atoms with Crippen molar-refractivity contribution in [3.8, 4) is 0 Å². The van der Waals surface area contributed by atoms with Gasteiger partial charge in [-0.25, -0.2) is 0 Å². The second kappa shape index (κ2) is 9.56. The number of hydrogen-bond donors (Lipinski definition) is 3. The molecule has 0 saturated heterocycles. The van der Waals surface area contributed by atoms with Gasteiger partial charge in [0.1, 0.15) is 0 Å². The lowest BCUT2D eigenvalue weighted by Crippen LogP contribution is -2.24. The Morgan fingerprint density at radius 2 is 1.57 bits per heavy atom. The van der Waals surface area contributed by atoms with Crippen LogP contribution in [0.4, 0.5) is 0 Å². The van der Waals surface area contributed by atoms with Crippen LogP contribution in [0.5, 0.6) is 0 Å². The topological polar surface area (TPSA) is 86.1 Å². The van der Waals surface area contributed by atoms with Crippen LogP contribution in [-0.2, 0) is 17.6 Å². The molecule has 8 heteroatoms. The average molecular weight is 419 g/mol. The van der Waals surface area contributed by atoms with Crippen molar-refractivity contribution >= 4 is 40.1 Å². The summed E-state index contributed by atoms with van der Waals surface area (Å²) in [7, 11) is 1.97. The Balaban J connectivity index is 1.69. The van der Waals surface area contributed by atoms with Gasteiger partial charge in [0.2, 0.25) is 0 Å². The molecule has 3 heterocycles. The van der Waals surface area contributed by atoms with Crippen molar-refractivity contribution in [3.05, 3.63) is 42.8 Å². The third-order valence-corrected chi connectivity index (χ3v) is 6.79. The highest BCUT2D eigenvalue weighted by molar-refractivity contribution is 7.15. The number of carbonyl (C=O) groups is 1. The van der Waals surface area contributed by atoms with Crippen LogP contribution < -0.4 is 10.6 Å². The van der Waals surface area contributed by atoms with Gasteiger partial charge in [0.15, 0.2) is 0 Å². The van der Waals surface area contributed by atoms with Crippen molar-refractivity contribution in [3.63, 3.8) is 0 Å². The Morgan fingerprint density at radius 3 is 2.07 bits per heavy atom. The molecule has 2 aromatic heterocycles. The number of aryl methyl sites for hydroxylation is 2. The molecule has 28 heavy (non-hydrogen) atoms. The normalized spacial score (nSPS) is 13.7. The number of aliphatic carboxylic acids is 1. The summed E-state index contributed by atoms with van der Waals surface area (Å²) < 4.78 is 0. The minimum absolute atomic E-state index is 0.0141. The predicted molar refractivity (Wildman–Crippen MR) is 118 cm³/mol. The van der Waals surface area contributed by atoms with Gasteiger partial charge in [-0.2, -0.15) is 10.2 Å². The molecule has 0 aliphatic carbocycles. The monoisotopic (exact) mass is 418 g/mol. The summed E-state index contributed by atoms with van der Waals surface area (Å²) >= 11 is 3.54. The van der Waals surface area contributed by atoms with Crippen molar-refractivity contribution in [2.75, 3.05) is 26.7 Å². The molecule has 0 bridgehead atoms. The SMILES string of the molecule is CNCCc1cc(C)sc1C1=NN=C(c2sc(C)cc2CCNCC(=O)O)C1. The van der Waals surface area contributed by atoms with Gasteiger partial charge in [-0.1, -0.05) is 0 Å². The fourth-order valence-electron chi connectivity index (χ4n) is 3.27. The quantitative estimate of drug-likeness (QED) is 0.518. The standard InChI is InChI=1S/C20H26N4O2S2/c1-12-8-14(4-6-21-3)19(27-12)16-10-17(24-23-16)20-15(9-13(2)28-20)5-7-22-11-18(25)26/h8-9,21-22H,4-7,10-11H2,1-3H3,(H,25,26). The maximum absolute atomic E-state index is 10.7. The van der Waals surface area contributed by atoms with E-state index in [4.69, 9.17) is 5.11 Å². The lowest BCUT2D eigenvalue weighted by Gasteiger charge is -2.06. The Hall–Kier alpha value is -1.87. The molecular weight excluding hydrogens is 392 g/mol. The molecule has 0 spiro atoms. The zero-order valence-electron chi connectivity index (χ0n) is 16.5.